The lowest BCUT2D eigenvalue weighted by molar-refractivity contribution is 0.634. The van der Waals surface area contributed by atoms with E-state index < -0.39 is 0 Å². The first kappa shape index (κ1) is 11.1. The monoisotopic (exact) mass is 263 g/mol. The number of rotatable bonds is 1. The van der Waals surface area contributed by atoms with Gasteiger partial charge in [-0.25, -0.2) is 8.91 Å². The molecular formula is C16H10FN3. The van der Waals surface area contributed by atoms with Crippen molar-refractivity contribution in [2.45, 2.75) is 0 Å². The summed E-state index contributed by atoms with van der Waals surface area (Å²) in [4.78, 5) is 4.26. The van der Waals surface area contributed by atoms with Crippen LogP contribution in [0.2, 0.25) is 0 Å². The molecule has 3 heterocycles. The molecule has 0 saturated heterocycles. The summed E-state index contributed by atoms with van der Waals surface area (Å²) in [6, 6.07) is 13.2. The molecule has 0 unspecified atom stereocenters. The van der Waals surface area contributed by atoms with Crippen molar-refractivity contribution in [2.75, 3.05) is 0 Å². The SMILES string of the molecule is Fc1cnc(-c2ccn3nccc3c2)c2ccccc12. The number of hydrogen-bond acceptors (Lipinski definition) is 2. The van der Waals surface area contributed by atoms with Crippen LogP contribution in [0.5, 0.6) is 0 Å². The average molecular weight is 263 g/mol. The lowest BCUT2D eigenvalue weighted by Crippen LogP contribution is -1.91. The topological polar surface area (TPSA) is 30.2 Å². The highest BCUT2D eigenvalue weighted by atomic mass is 19.1. The predicted octanol–water partition coefficient (Wildman–Crippen LogP) is 3.69. The van der Waals surface area contributed by atoms with Crippen LogP contribution in [0, 0.1) is 5.82 Å². The molecule has 0 fully saturated rings. The number of pyridine rings is 2. The van der Waals surface area contributed by atoms with Crippen molar-refractivity contribution in [2.24, 2.45) is 0 Å². The first-order chi connectivity index (χ1) is 9.83. The number of nitrogens with zero attached hydrogens (tertiary/aromatic N) is 3. The maximum Gasteiger partial charge on any atom is 0.149 e. The van der Waals surface area contributed by atoms with Gasteiger partial charge in [0.1, 0.15) is 5.82 Å². The molecule has 0 aliphatic carbocycles. The Balaban J connectivity index is 2.04. The second-order valence-corrected chi connectivity index (χ2v) is 4.62. The highest BCUT2D eigenvalue weighted by Crippen LogP contribution is 2.28. The summed E-state index contributed by atoms with van der Waals surface area (Å²) in [6.45, 7) is 0. The Bertz CT molecular complexity index is 927. The van der Waals surface area contributed by atoms with Crippen LogP contribution in [0.4, 0.5) is 4.39 Å². The number of aromatic nitrogens is 3. The molecule has 20 heavy (non-hydrogen) atoms. The Hall–Kier alpha value is -2.75. The van der Waals surface area contributed by atoms with E-state index in [9.17, 15) is 4.39 Å². The van der Waals surface area contributed by atoms with Crippen LogP contribution in [-0.4, -0.2) is 14.6 Å². The lowest BCUT2D eigenvalue weighted by atomic mass is 10.0. The average Bonchev–Trinajstić information content (AvgIpc) is 2.95. The smallest absolute Gasteiger partial charge is 0.149 e. The number of benzene rings is 1. The van der Waals surface area contributed by atoms with Crippen molar-refractivity contribution in [1.29, 1.82) is 0 Å². The van der Waals surface area contributed by atoms with E-state index in [0.717, 1.165) is 22.2 Å². The highest BCUT2D eigenvalue weighted by Gasteiger charge is 2.09. The molecule has 96 valence electrons. The lowest BCUT2D eigenvalue weighted by Gasteiger charge is -2.07. The summed E-state index contributed by atoms with van der Waals surface area (Å²) in [5.74, 6) is -0.296. The van der Waals surface area contributed by atoms with Gasteiger partial charge in [-0.05, 0) is 18.2 Å². The molecule has 0 bridgehead atoms. The Morgan fingerprint density at radius 3 is 2.75 bits per heavy atom. The maximum absolute atomic E-state index is 13.8. The Labute approximate surface area is 114 Å². The van der Waals surface area contributed by atoms with Gasteiger partial charge in [0.2, 0.25) is 0 Å². The molecule has 4 rings (SSSR count). The predicted molar refractivity (Wildman–Crippen MR) is 75.9 cm³/mol. The molecule has 0 spiro atoms. The van der Waals surface area contributed by atoms with Gasteiger partial charge in [-0.3, -0.25) is 4.98 Å². The van der Waals surface area contributed by atoms with Gasteiger partial charge in [-0.15, -0.1) is 0 Å². The minimum atomic E-state index is -0.296. The summed E-state index contributed by atoms with van der Waals surface area (Å²) in [6.07, 6.45) is 4.90. The van der Waals surface area contributed by atoms with Gasteiger partial charge in [0.25, 0.3) is 0 Å². The van der Waals surface area contributed by atoms with E-state index in [4.69, 9.17) is 0 Å². The third-order valence-electron chi connectivity index (χ3n) is 3.42. The quantitative estimate of drug-likeness (QED) is 0.524. The van der Waals surface area contributed by atoms with E-state index in [0.29, 0.717) is 5.39 Å². The molecule has 0 atom stereocenters. The first-order valence-corrected chi connectivity index (χ1v) is 6.30. The van der Waals surface area contributed by atoms with Crippen LogP contribution < -0.4 is 0 Å². The maximum atomic E-state index is 13.8. The molecule has 0 saturated carbocycles. The molecule has 3 aromatic heterocycles. The summed E-state index contributed by atoms with van der Waals surface area (Å²) in [7, 11) is 0. The van der Waals surface area contributed by atoms with Gasteiger partial charge in [-0.1, -0.05) is 24.3 Å². The van der Waals surface area contributed by atoms with Gasteiger partial charge >= 0.3 is 0 Å². The molecule has 3 nitrogen and oxygen atoms in total. The molecule has 1 aromatic carbocycles. The van der Waals surface area contributed by atoms with Crippen molar-refractivity contribution < 1.29 is 4.39 Å². The first-order valence-electron chi connectivity index (χ1n) is 6.30. The Kier molecular flexibility index (Phi) is 2.29. The Morgan fingerprint density at radius 1 is 1.00 bits per heavy atom. The summed E-state index contributed by atoms with van der Waals surface area (Å²) in [5.41, 5.74) is 2.72. The zero-order chi connectivity index (χ0) is 13.5. The van der Waals surface area contributed by atoms with Crippen LogP contribution in [0.1, 0.15) is 0 Å². The van der Waals surface area contributed by atoms with Crippen LogP contribution in [0.25, 0.3) is 27.5 Å². The minimum absolute atomic E-state index is 0.296. The second-order valence-electron chi connectivity index (χ2n) is 4.62. The van der Waals surface area contributed by atoms with Gasteiger partial charge in [-0.2, -0.15) is 5.10 Å². The second kappa shape index (κ2) is 4.13. The van der Waals surface area contributed by atoms with Crippen LogP contribution in [0.3, 0.4) is 0 Å². The van der Waals surface area contributed by atoms with Crippen LogP contribution in [0.15, 0.2) is 61.1 Å². The van der Waals surface area contributed by atoms with Gasteiger partial charge in [0, 0.05) is 28.7 Å². The van der Waals surface area contributed by atoms with Gasteiger partial charge in [0.05, 0.1) is 17.4 Å². The largest absolute Gasteiger partial charge is 0.253 e. The molecule has 0 aliphatic rings. The van der Waals surface area contributed by atoms with E-state index in [1.165, 1.54) is 6.20 Å². The van der Waals surface area contributed by atoms with Crippen molar-refractivity contribution in [1.82, 2.24) is 14.6 Å². The van der Waals surface area contributed by atoms with E-state index in [-0.39, 0.29) is 5.82 Å². The standard InChI is InChI=1S/C16H10FN3/c17-15-10-18-16(14-4-2-1-3-13(14)15)11-6-8-20-12(9-11)5-7-19-20/h1-10H. The summed E-state index contributed by atoms with van der Waals surface area (Å²) in [5, 5.41) is 5.57. The third kappa shape index (κ3) is 1.58. The molecule has 4 heteroatoms. The highest BCUT2D eigenvalue weighted by molar-refractivity contribution is 5.95. The van der Waals surface area contributed by atoms with Crippen molar-refractivity contribution >= 4 is 16.3 Å². The Morgan fingerprint density at radius 2 is 1.85 bits per heavy atom. The van der Waals surface area contributed by atoms with E-state index >= 15 is 0 Å². The zero-order valence-electron chi connectivity index (χ0n) is 10.5. The molecule has 4 aromatic rings. The minimum Gasteiger partial charge on any atom is -0.253 e. The molecule has 0 amide bonds. The number of hydrogen-bond donors (Lipinski definition) is 0. The van der Waals surface area contributed by atoms with Gasteiger partial charge < -0.3 is 0 Å². The van der Waals surface area contributed by atoms with Crippen LogP contribution in [-0.2, 0) is 0 Å². The van der Waals surface area contributed by atoms with Crippen LogP contribution >= 0.6 is 0 Å². The fourth-order valence-corrected chi connectivity index (χ4v) is 2.46. The molecular weight excluding hydrogens is 253 g/mol. The normalized spacial score (nSPS) is 11.2. The molecule has 0 aliphatic heterocycles. The van der Waals surface area contributed by atoms with E-state index in [2.05, 4.69) is 10.1 Å². The summed E-state index contributed by atoms with van der Waals surface area (Å²) >= 11 is 0. The van der Waals surface area contributed by atoms with Crippen molar-refractivity contribution in [3.63, 3.8) is 0 Å². The van der Waals surface area contributed by atoms with E-state index in [1.54, 1.807) is 16.8 Å². The van der Waals surface area contributed by atoms with Crippen molar-refractivity contribution in [3.8, 4) is 11.3 Å². The number of fused-ring (bicyclic) bond motifs is 2. The third-order valence-corrected chi connectivity index (χ3v) is 3.42. The fraction of sp³-hybridized carbons (Fsp3) is 0. The van der Waals surface area contributed by atoms with Crippen molar-refractivity contribution in [3.05, 3.63) is 66.9 Å². The zero-order valence-corrected chi connectivity index (χ0v) is 10.5. The molecule has 0 N–H and O–H groups in total. The number of halogens is 1. The van der Waals surface area contributed by atoms with E-state index in [1.807, 2.05) is 42.6 Å². The fourth-order valence-electron chi connectivity index (χ4n) is 2.46. The molecule has 0 radical (unpaired) electrons. The van der Waals surface area contributed by atoms with Gasteiger partial charge in [0.15, 0.2) is 0 Å². The summed E-state index contributed by atoms with van der Waals surface area (Å²) < 4.78 is 15.6.